The van der Waals surface area contributed by atoms with E-state index in [9.17, 15) is 37.1 Å². The first-order valence-electron chi connectivity index (χ1n) is 18.5. The van der Waals surface area contributed by atoms with Crippen LogP contribution in [0.1, 0.15) is 58.9 Å². The molecule has 3 aromatic carbocycles. The van der Waals surface area contributed by atoms with E-state index in [2.05, 4.69) is 36.3 Å². The minimum Gasteiger partial charge on any atom is -0.380 e. The van der Waals surface area contributed by atoms with Gasteiger partial charge in [0.05, 0.1) is 41.6 Å². The van der Waals surface area contributed by atoms with E-state index >= 15 is 0 Å². The molecule has 3 N–H and O–H groups in total. The third-order valence-electron chi connectivity index (χ3n) is 10.9. The van der Waals surface area contributed by atoms with Crippen molar-refractivity contribution < 1.29 is 27.6 Å². The number of imide groups is 1. The zero-order valence-electron chi connectivity index (χ0n) is 31.0. The molecule has 1 saturated carbocycles. The topological polar surface area (TPSA) is 196 Å². The molecule has 6 aromatic rings. The summed E-state index contributed by atoms with van der Waals surface area (Å²) in [6, 6.07) is 8.37. The summed E-state index contributed by atoms with van der Waals surface area (Å²) >= 11 is 6.51. The quantitative estimate of drug-likeness (QED) is 0.135. The van der Waals surface area contributed by atoms with Crippen LogP contribution in [0.5, 0.6) is 0 Å². The minimum absolute atomic E-state index is 0.145. The maximum Gasteiger partial charge on any atom is 0.355 e. The Bertz CT molecular complexity index is 2870. The van der Waals surface area contributed by atoms with E-state index in [1.165, 1.54) is 4.90 Å². The molecule has 0 bridgehead atoms. The van der Waals surface area contributed by atoms with Crippen LogP contribution in [0.3, 0.4) is 0 Å². The molecule has 17 nitrogen and oxygen atoms in total. The second-order valence-corrected chi connectivity index (χ2v) is 15.1. The number of nitrogens with one attached hydrogen (secondary N) is 3. The Hall–Kier alpha value is -6.83. The molecule has 5 heterocycles. The molecular formula is C38H32ClF3N12O5. The number of anilines is 3. The highest BCUT2D eigenvalue weighted by Gasteiger charge is 2.41. The average molecular weight is 829 g/mol. The predicted octanol–water partition coefficient (Wildman–Crippen LogP) is 3.37. The summed E-state index contributed by atoms with van der Waals surface area (Å²) in [5, 5.41) is 22.3. The van der Waals surface area contributed by atoms with Gasteiger partial charge in [-0.15, -0.1) is 5.10 Å². The van der Waals surface area contributed by atoms with Gasteiger partial charge in [0, 0.05) is 66.1 Å². The third kappa shape index (κ3) is 6.87. The van der Waals surface area contributed by atoms with Crippen molar-refractivity contribution in [3.63, 3.8) is 0 Å². The fourth-order valence-corrected chi connectivity index (χ4v) is 7.95. The number of piperidine rings is 1. The summed E-state index contributed by atoms with van der Waals surface area (Å²) in [6.45, 7) is -0.839. The molecule has 9 rings (SSSR count). The lowest BCUT2D eigenvalue weighted by molar-refractivity contribution is -0.136. The zero-order valence-corrected chi connectivity index (χ0v) is 31.7. The van der Waals surface area contributed by atoms with E-state index in [0.29, 0.717) is 40.7 Å². The number of carbonyl (C=O) groups is 3. The number of carbonyl (C=O) groups excluding carboxylic acids is 3. The summed E-state index contributed by atoms with van der Waals surface area (Å²) in [5.41, 5.74) is 0.601. The number of hydrogen-bond acceptors (Lipinski definition) is 11. The van der Waals surface area contributed by atoms with Crippen LogP contribution >= 0.6 is 11.6 Å². The number of benzene rings is 3. The first-order chi connectivity index (χ1) is 28.3. The largest absolute Gasteiger partial charge is 0.380 e. The van der Waals surface area contributed by atoms with Crippen LogP contribution in [0.4, 0.5) is 30.5 Å². The second-order valence-electron chi connectivity index (χ2n) is 14.7. The first kappa shape index (κ1) is 37.7. The molecule has 3 aliphatic rings. The number of aryl methyl sites for hydroxylation is 1. The van der Waals surface area contributed by atoms with Crippen molar-refractivity contribution in [3.05, 3.63) is 121 Å². The Kier molecular flexibility index (Phi) is 9.29. The molecule has 3 atom stereocenters. The highest BCUT2D eigenvalue weighted by molar-refractivity contribution is 6.34. The highest BCUT2D eigenvalue weighted by Crippen LogP contribution is 2.38. The number of rotatable bonds is 10. The van der Waals surface area contributed by atoms with Crippen molar-refractivity contribution in [2.75, 3.05) is 10.6 Å². The van der Waals surface area contributed by atoms with Crippen LogP contribution < -0.4 is 27.3 Å². The molecule has 0 spiro atoms. The van der Waals surface area contributed by atoms with Crippen LogP contribution in [0, 0.1) is 17.5 Å². The van der Waals surface area contributed by atoms with Gasteiger partial charge >= 0.3 is 11.4 Å². The van der Waals surface area contributed by atoms with Gasteiger partial charge in [-0.25, -0.2) is 32.0 Å². The molecule has 3 unspecified atom stereocenters. The van der Waals surface area contributed by atoms with E-state index in [4.69, 9.17) is 11.6 Å². The Morgan fingerprint density at radius 3 is 2.51 bits per heavy atom. The number of halogens is 4. The lowest BCUT2D eigenvalue weighted by Gasteiger charge is -2.38. The van der Waals surface area contributed by atoms with Gasteiger partial charge < -0.3 is 15.5 Å². The molecule has 2 fully saturated rings. The molecule has 2 aliphatic heterocycles. The van der Waals surface area contributed by atoms with Crippen LogP contribution in [0.15, 0.2) is 64.4 Å². The van der Waals surface area contributed by atoms with Gasteiger partial charge in [0.1, 0.15) is 17.6 Å². The predicted molar refractivity (Wildman–Crippen MR) is 204 cm³/mol. The third-order valence-corrected chi connectivity index (χ3v) is 11.2. The minimum atomic E-state index is -1.41. The number of aromatic nitrogens is 8. The van der Waals surface area contributed by atoms with E-state index in [-0.39, 0.29) is 77.7 Å². The van der Waals surface area contributed by atoms with Crippen LogP contribution in [0.2, 0.25) is 5.02 Å². The van der Waals surface area contributed by atoms with E-state index in [1.807, 2.05) is 6.07 Å². The Labute approximate surface area is 335 Å². The Morgan fingerprint density at radius 2 is 1.73 bits per heavy atom. The van der Waals surface area contributed by atoms with Crippen molar-refractivity contribution in [2.24, 2.45) is 7.05 Å². The summed E-state index contributed by atoms with van der Waals surface area (Å²) in [5.74, 6) is -5.37. The summed E-state index contributed by atoms with van der Waals surface area (Å²) in [4.78, 5) is 70.8. The molecule has 302 valence electrons. The van der Waals surface area contributed by atoms with Gasteiger partial charge in [0.2, 0.25) is 17.8 Å². The Balaban J connectivity index is 0.968. The van der Waals surface area contributed by atoms with Crippen LogP contribution in [-0.4, -0.2) is 73.6 Å². The fourth-order valence-electron chi connectivity index (χ4n) is 7.74. The zero-order chi connectivity index (χ0) is 41.3. The van der Waals surface area contributed by atoms with Crippen molar-refractivity contribution in [1.29, 1.82) is 0 Å². The molecule has 3 aromatic heterocycles. The van der Waals surface area contributed by atoms with Crippen molar-refractivity contribution >= 4 is 57.5 Å². The maximum atomic E-state index is 14.9. The van der Waals surface area contributed by atoms with Crippen molar-refractivity contribution in [1.82, 2.24) is 49.1 Å². The SMILES string of the molecule is Cn1cc2cc(Nc3nc(=O)n(Cc4cn(C5CCC5Nc5cccc6c5CN(C5CCC(=O)NC5=O)C6=O)nn4)c(=O)n3Cc3cc(F)c(F)cc3F)c(Cl)cc2n1. The smallest absolute Gasteiger partial charge is 0.355 e. The summed E-state index contributed by atoms with van der Waals surface area (Å²) in [6.07, 6.45) is 5.15. The maximum absolute atomic E-state index is 14.9. The van der Waals surface area contributed by atoms with Crippen molar-refractivity contribution in [3.8, 4) is 0 Å². The molecule has 1 aliphatic carbocycles. The normalized spacial score (nSPS) is 18.9. The van der Waals surface area contributed by atoms with Crippen molar-refractivity contribution in [2.45, 2.75) is 63.4 Å². The molecule has 0 radical (unpaired) electrons. The lowest BCUT2D eigenvalue weighted by Crippen LogP contribution is -2.52. The number of nitrogens with zero attached hydrogens (tertiary/aromatic N) is 9. The Morgan fingerprint density at radius 1 is 0.915 bits per heavy atom. The molecule has 59 heavy (non-hydrogen) atoms. The number of amides is 3. The lowest BCUT2D eigenvalue weighted by atomic mass is 9.86. The van der Waals surface area contributed by atoms with Gasteiger partial charge in [-0.2, -0.15) is 10.1 Å². The first-order valence-corrected chi connectivity index (χ1v) is 18.9. The van der Waals surface area contributed by atoms with E-state index < -0.39 is 47.3 Å². The molecule has 1 saturated heterocycles. The molecule has 21 heteroatoms. The number of hydrogen-bond donors (Lipinski definition) is 3. The average Bonchev–Trinajstić information content (AvgIpc) is 3.88. The fraction of sp³-hybridized carbons (Fsp3) is 0.289. The van der Waals surface area contributed by atoms with Crippen LogP contribution in [-0.2, 0) is 36.3 Å². The number of fused-ring (bicyclic) bond motifs is 2. The van der Waals surface area contributed by atoms with Gasteiger partial charge in [0.15, 0.2) is 11.6 Å². The van der Waals surface area contributed by atoms with E-state index in [0.717, 1.165) is 21.1 Å². The van der Waals surface area contributed by atoms with Gasteiger partial charge in [-0.3, -0.25) is 28.9 Å². The van der Waals surface area contributed by atoms with Gasteiger partial charge in [0.25, 0.3) is 5.91 Å². The second kappa shape index (κ2) is 14.5. The van der Waals surface area contributed by atoms with Gasteiger partial charge in [-0.1, -0.05) is 22.9 Å². The van der Waals surface area contributed by atoms with E-state index in [1.54, 1.807) is 53.1 Å². The molecule has 3 amide bonds. The summed E-state index contributed by atoms with van der Waals surface area (Å²) in [7, 11) is 1.72. The summed E-state index contributed by atoms with van der Waals surface area (Å²) < 4.78 is 47.9. The van der Waals surface area contributed by atoms with Gasteiger partial charge in [-0.05, 0) is 49.6 Å². The highest BCUT2D eigenvalue weighted by atomic mass is 35.5. The standard InChI is InChI=1S/C38H32ClF3N12O5/c1-50-13-19-10-30(23(39)11-29(19)48-50)44-36-46-37(58)53(38(59)52(36)14-18-9-25(41)26(42)12-24(18)40)15-20-16-54(49-47-20)31-6-5-28(31)43-27-4-2-3-21-22(27)17-51(35(21)57)32-7-8-33(55)45-34(32)56/h2-4,9-13,16,28,31-32,43H,5-8,14-15,17H2,1H3,(H,44,46,58)(H,45,55,56). The monoisotopic (exact) mass is 828 g/mol. The van der Waals surface area contributed by atoms with Crippen LogP contribution in [0.25, 0.3) is 10.9 Å². The molecular weight excluding hydrogens is 797 g/mol.